The van der Waals surface area contributed by atoms with Crippen LogP contribution >= 0.6 is 0 Å². The third-order valence-corrected chi connectivity index (χ3v) is 4.30. The first-order valence-electron chi connectivity index (χ1n) is 8.96. The molecule has 0 saturated heterocycles. The molecular formula is C18H27N3O8. The highest BCUT2D eigenvalue weighted by atomic mass is 16.8. The Labute approximate surface area is 168 Å². The van der Waals surface area contributed by atoms with Crippen LogP contribution in [0.4, 0.5) is 5.69 Å². The molecule has 2 amide bonds. The molecule has 0 aliphatic rings. The number of non-ortho nitro benzene ring substituents is 1. The molecule has 11 heteroatoms. The van der Waals surface area contributed by atoms with Gasteiger partial charge in [-0.2, -0.15) is 0 Å². The standard InChI is InChI=1S/C18H27N3O8/c1-5-28-18(27-4)29-11-15(10-12(2)16(22)19-24)20(3)17(23)13-6-8-14(9-7-13)21(25)26/h6-9,12,15,18,24H,5,10-11H2,1-4H3,(H,19,22)/t12-,15-,18?/m0/s1. The van der Waals surface area contributed by atoms with Gasteiger partial charge < -0.3 is 19.1 Å². The van der Waals surface area contributed by atoms with Crippen LogP contribution in [-0.4, -0.2) is 66.7 Å². The van der Waals surface area contributed by atoms with E-state index < -0.39 is 35.2 Å². The van der Waals surface area contributed by atoms with Gasteiger partial charge in [-0.15, -0.1) is 0 Å². The average molecular weight is 413 g/mol. The number of amides is 2. The van der Waals surface area contributed by atoms with Gasteiger partial charge >= 0.3 is 0 Å². The molecule has 162 valence electrons. The van der Waals surface area contributed by atoms with E-state index in [-0.39, 0.29) is 24.3 Å². The average Bonchev–Trinajstić information content (AvgIpc) is 2.73. The molecule has 0 spiro atoms. The van der Waals surface area contributed by atoms with Gasteiger partial charge in [-0.1, -0.05) is 6.92 Å². The number of rotatable bonds is 12. The highest BCUT2D eigenvalue weighted by Gasteiger charge is 2.27. The number of carbonyl (C=O) groups is 2. The lowest BCUT2D eigenvalue weighted by atomic mass is 10.00. The molecule has 0 bridgehead atoms. The van der Waals surface area contributed by atoms with Crippen LogP contribution in [0.15, 0.2) is 24.3 Å². The highest BCUT2D eigenvalue weighted by Crippen LogP contribution is 2.18. The van der Waals surface area contributed by atoms with Crippen molar-refractivity contribution in [3.8, 4) is 0 Å². The predicted molar refractivity (Wildman–Crippen MR) is 101 cm³/mol. The number of nitro benzene ring substituents is 1. The van der Waals surface area contributed by atoms with Crippen molar-refractivity contribution in [3.63, 3.8) is 0 Å². The fourth-order valence-electron chi connectivity index (χ4n) is 2.57. The second kappa shape index (κ2) is 12.1. The van der Waals surface area contributed by atoms with E-state index in [2.05, 4.69) is 0 Å². The SMILES string of the molecule is CCOC(OC)OC[C@H](C[C@H](C)C(=O)NO)N(C)C(=O)c1ccc([N+](=O)[O-])cc1. The zero-order chi connectivity index (χ0) is 22.0. The molecule has 11 nitrogen and oxygen atoms in total. The maximum absolute atomic E-state index is 12.8. The van der Waals surface area contributed by atoms with Crippen LogP contribution in [0.5, 0.6) is 0 Å². The van der Waals surface area contributed by atoms with Crippen molar-refractivity contribution in [2.45, 2.75) is 32.8 Å². The van der Waals surface area contributed by atoms with Gasteiger partial charge in [0.05, 0.1) is 17.6 Å². The summed E-state index contributed by atoms with van der Waals surface area (Å²) in [6, 6.07) is 4.63. The van der Waals surface area contributed by atoms with Crippen molar-refractivity contribution < 1.29 is 33.9 Å². The molecule has 0 radical (unpaired) electrons. The fourth-order valence-corrected chi connectivity index (χ4v) is 2.57. The number of ether oxygens (including phenoxy) is 3. The number of benzene rings is 1. The summed E-state index contributed by atoms with van der Waals surface area (Å²) in [4.78, 5) is 36.1. The van der Waals surface area contributed by atoms with Gasteiger partial charge in [-0.05, 0) is 25.5 Å². The summed E-state index contributed by atoms with van der Waals surface area (Å²) in [5.74, 6) is -1.62. The van der Waals surface area contributed by atoms with Gasteiger partial charge in [-0.25, -0.2) is 5.48 Å². The predicted octanol–water partition coefficient (Wildman–Crippen LogP) is 1.55. The molecule has 1 aromatic rings. The van der Waals surface area contributed by atoms with Crippen LogP contribution in [0.1, 0.15) is 30.6 Å². The Bertz CT molecular complexity index is 682. The summed E-state index contributed by atoms with van der Waals surface area (Å²) in [6.45, 7) is 2.78. The van der Waals surface area contributed by atoms with Crippen molar-refractivity contribution >= 4 is 17.5 Å². The van der Waals surface area contributed by atoms with E-state index in [1.807, 2.05) is 0 Å². The molecular weight excluding hydrogens is 386 g/mol. The Morgan fingerprint density at radius 1 is 1.28 bits per heavy atom. The molecule has 1 unspecified atom stereocenters. The van der Waals surface area contributed by atoms with Gasteiger partial charge in [0, 0.05) is 44.4 Å². The number of hydrogen-bond donors (Lipinski definition) is 2. The lowest BCUT2D eigenvalue weighted by molar-refractivity contribution is -0.384. The van der Waals surface area contributed by atoms with Crippen LogP contribution in [0.25, 0.3) is 0 Å². The van der Waals surface area contributed by atoms with Crippen molar-refractivity contribution in [2.75, 3.05) is 27.4 Å². The van der Waals surface area contributed by atoms with E-state index in [1.54, 1.807) is 19.3 Å². The molecule has 3 atom stereocenters. The molecule has 0 fully saturated rings. The Morgan fingerprint density at radius 3 is 2.38 bits per heavy atom. The molecule has 0 saturated carbocycles. The van der Waals surface area contributed by atoms with Gasteiger partial charge in [0.15, 0.2) is 0 Å². The first-order valence-corrected chi connectivity index (χ1v) is 8.96. The minimum atomic E-state index is -0.938. The quantitative estimate of drug-likeness (QED) is 0.228. The van der Waals surface area contributed by atoms with Crippen LogP contribution in [-0.2, 0) is 19.0 Å². The third-order valence-electron chi connectivity index (χ3n) is 4.30. The van der Waals surface area contributed by atoms with Crippen LogP contribution in [0, 0.1) is 16.0 Å². The van der Waals surface area contributed by atoms with Crippen molar-refractivity contribution in [2.24, 2.45) is 5.92 Å². The van der Waals surface area contributed by atoms with Crippen molar-refractivity contribution in [3.05, 3.63) is 39.9 Å². The van der Waals surface area contributed by atoms with E-state index in [4.69, 9.17) is 19.4 Å². The van der Waals surface area contributed by atoms with Crippen molar-refractivity contribution in [1.29, 1.82) is 0 Å². The van der Waals surface area contributed by atoms with Gasteiger partial charge in [0.1, 0.15) is 0 Å². The number of carbonyl (C=O) groups excluding carboxylic acids is 2. The first kappa shape index (κ1) is 24.4. The number of likely N-dealkylation sites (N-methyl/N-ethyl adjacent to an activating group) is 1. The summed E-state index contributed by atoms with van der Waals surface area (Å²) in [7, 11) is 2.94. The summed E-state index contributed by atoms with van der Waals surface area (Å²) in [5, 5.41) is 19.6. The summed E-state index contributed by atoms with van der Waals surface area (Å²) >= 11 is 0. The number of methoxy groups -OCH3 is 1. The Hall–Kier alpha value is -2.60. The molecule has 29 heavy (non-hydrogen) atoms. The van der Waals surface area contributed by atoms with Gasteiger partial charge in [0.25, 0.3) is 18.1 Å². The minimum Gasteiger partial charge on any atom is -0.336 e. The zero-order valence-corrected chi connectivity index (χ0v) is 16.9. The van der Waals surface area contributed by atoms with Crippen molar-refractivity contribution in [1.82, 2.24) is 10.4 Å². The number of nitrogens with zero attached hydrogens (tertiary/aromatic N) is 2. The van der Waals surface area contributed by atoms with E-state index in [0.717, 1.165) is 0 Å². The minimum absolute atomic E-state index is 0.00320. The van der Waals surface area contributed by atoms with E-state index in [0.29, 0.717) is 6.61 Å². The lowest BCUT2D eigenvalue weighted by Gasteiger charge is -2.31. The highest BCUT2D eigenvalue weighted by molar-refractivity contribution is 5.94. The molecule has 2 N–H and O–H groups in total. The Kier molecular flexibility index (Phi) is 10.2. The van der Waals surface area contributed by atoms with Gasteiger partial charge in [0.2, 0.25) is 5.91 Å². The third kappa shape index (κ3) is 7.38. The monoisotopic (exact) mass is 413 g/mol. The fraction of sp³-hybridized carbons (Fsp3) is 0.556. The summed E-state index contributed by atoms with van der Waals surface area (Å²) in [5.41, 5.74) is 1.70. The van der Waals surface area contributed by atoms with Crippen LogP contribution in [0.2, 0.25) is 0 Å². The lowest BCUT2D eigenvalue weighted by Crippen LogP contribution is -2.44. The van der Waals surface area contributed by atoms with E-state index in [9.17, 15) is 19.7 Å². The molecule has 0 aliphatic carbocycles. The first-order chi connectivity index (χ1) is 13.7. The second-order valence-electron chi connectivity index (χ2n) is 6.30. The maximum Gasteiger partial charge on any atom is 0.271 e. The Morgan fingerprint density at radius 2 is 1.90 bits per heavy atom. The molecule has 1 aromatic carbocycles. The number of hydrogen-bond acceptors (Lipinski definition) is 8. The molecule has 0 aliphatic heterocycles. The topological polar surface area (TPSA) is 140 Å². The normalized spacial score (nSPS) is 14.0. The summed E-state index contributed by atoms with van der Waals surface area (Å²) < 4.78 is 15.8. The maximum atomic E-state index is 12.8. The number of nitrogens with one attached hydrogen (secondary N) is 1. The van der Waals surface area contributed by atoms with Gasteiger partial charge in [-0.3, -0.25) is 24.9 Å². The largest absolute Gasteiger partial charge is 0.336 e. The molecule has 0 heterocycles. The molecule has 0 aromatic heterocycles. The smallest absolute Gasteiger partial charge is 0.271 e. The number of hydroxylamine groups is 1. The van der Waals surface area contributed by atoms with Crippen LogP contribution < -0.4 is 5.48 Å². The van der Waals surface area contributed by atoms with E-state index in [1.165, 1.54) is 43.3 Å². The number of nitro groups is 1. The second-order valence-corrected chi connectivity index (χ2v) is 6.30. The zero-order valence-electron chi connectivity index (χ0n) is 16.9. The molecule has 1 rings (SSSR count). The van der Waals surface area contributed by atoms with Crippen LogP contribution in [0.3, 0.4) is 0 Å². The Balaban J connectivity index is 2.96. The summed E-state index contributed by atoms with van der Waals surface area (Å²) in [6.07, 6.45) is 0.185. The van der Waals surface area contributed by atoms with E-state index >= 15 is 0 Å².